The molecule has 5 amide bonds. The van der Waals surface area contributed by atoms with E-state index in [2.05, 4.69) is 37.8 Å². The number of methoxy groups -OCH3 is 1. The Morgan fingerprint density at radius 3 is 1.57 bits per heavy atom. The van der Waals surface area contributed by atoms with Crippen molar-refractivity contribution in [2.45, 2.75) is 87.1 Å². The summed E-state index contributed by atoms with van der Waals surface area (Å²) in [6.07, 6.45) is 5.03. The lowest BCUT2D eigenvalue weighted by Crippen LogP contribution is -2.39. The Kier molecular flexibility index (Phi) is 14.5. The highest BCUT2D eigenvalue weighted by Crippen LogP contribution is 2.33. The Bertz CT molecular complexity index is 3350. The Hall–Kier alpha value is -8.74. The predicted molar refractivity (Wildman–Crippen MR) is 268 cm³/mol. The van der Waals surface area contributed by atoms with E-state index < -0.39 is 23.6 Å². The number of allylic oxidation sites excluding steroid dienone is 2. The maximum absolute atomic E-state index is 13.9. The predicted octanol–water partition coefficient (Wildman–Crippen LogP) is 4.86. The molecule has 8 rings (SSSR count). The molecule has 22 nitrogen and oxygen atoms in total. The molecule has 6 heterocycles. The summed E-state index contributed by atoms with van der Waals surface area (Å²) in [5.41, 5.74) is 16.7. The van der Waals surface area contributed by atoms with E-state index in [9.17, 15) is 24.0 Å². The lowest BCUT2D eigenvalue weighted by atomic mass is 9.97. The van der Waals surface area contributed by atoms with Gasteiger partial charge in [-0.2, -0.15) is 15.3 Å². The molecule has 0 bridgehead atoms. The maximum atomic E-state index is 13.9. The highest BCUT2D eigenvalue weighted by molar-refractivity contribution is 6.05. The Balaban J connectivity index is 1.10. The van der Waals surface area contributed by atoms with Crippen LogP contribution >= 0.6 is 0 Å². The van der Waals surface area contributed by atoms with Crippen molar-refractivity contribution in [3.8, 4) is 23.3 Å². The summed E-state index contributed by atoms with van der Waals surface area (Å²) in [5, 5.41) is 19.1. The fourth-order valence-corrected chi connectivity index (χ4v) is 8.83. The smallest absolute Gasteiger partial charge is 0.276 e. The van der Waals surface area contributed by atoms with Gasteiger partial charge in [0.1, 0.15) is 46.2 Å². The van der Waals surface area contributed by atoms with Gasteiger partial charge in [-0.3, -0.25) is 48.7 Å². The number of hydrogen-bond donors (Lipinski definition) is 4. The molecule has 0 unspecified atom stereocenters. The van der Waals surface area contributed by atoms with Crippen molar-refractivity contribution in [3.05, 3.63) is 99.9 Å². The lowest BCUT2D eigenvalue weighted by Gasteiger charge is -2.29. The second kappa shape index (κ2) is 21.1. The second-order valence-corrected chi connectivity index (χ2v) is 17.2. The van der Waals surface area contributed by atoms with Crippen molar-refractivity contribution in [2.75, 3.05) is 37.4 Å². The molecule has 0 atom stereocenters. The molecule has 22 heteroatoms. The number of amides is 5. The zero-order valence-corrected chi connectivity index (χ0v) is 41.3. The minimum atomic E-state index is -0.711. The highest BCUT2D eigenvalue weighted by Gasteiger charge is 2.27. The molecule has 5 aromatic heterocycles. The van der Waals surface area contributed by atoms with E-state index in [4.69, 9.17) is 30.9 Å². The van der Waals surface area contributed by atoms with E-state index in [0.29, 0.717) is 102 Å². The summed E-state index contributed by atoms with van der Waals surface area (Å²) in [6, 6.07) is 11.3. The third-order valence-electron chi connectivity index (χ3n) is 12.3. The number of nitrogens with one attached hydrogen (secondary N) is 2. The van der Waals surface area contributed by atoms with Gasteiger partial charge in [-0.15, -0.1) is 0 Å². The van der Waals surface area contributed by atoms with Gasteiger partial charge in [0.05, 0.1) is 35.2 Å². The van der Waals surface area contributed by atoms with E-state index in [1.165, 1.54) is 31.4 Å². The van der Waals surface area contributed by atoms with Gasteiger partial charge < -0.3 is 35.0 Å². The third-order valence-corrected chi connectivity index (χ3v) is 12.3. The van der Waals surface area contributed by atoms with Crippen LogP contribution in [0.5, 0.6) is 11.5 Å². The van der Waals surface area contributed by atoms with Gasteiger partial charge in [0.15, 0.2) is 0 Å². The van der Waals surface area contributed by atoms with Crippen LogP contribution < -0.4 is 31.6 Å². The molecule has 374 valence electrons. The van der Waals surface area contributed by atoms with Crippen LogP contribution in [0.3, 0.4) is 0 Å². The second-order valence-electron chi connectivity index (χ2n) is 17.2. The molecule has 7 aromatic rings. The summed E-state index contributed by atoms with van der Waals surface area (Å²) in [4.78, 5) is 77.4. The third kappa shape index (κ3) is 10.3. The van der Waals surface area contributed by atoms with Crippen molar-refractivity contribution < 1.29 is 33.4 Å². The Labute approximate surface area is 414 Å². The molecule has 0 spiro atoms. The van der Waals surface area contributed by atoms with Crippen LogP contribution in [0.25, 0.3) is 22.1 Å². The number of nitrogens with zero attached hydrogens (tertiary/aromatic N) is 11. The summed E-state index contributed by atoms with van der Waals surface area (Å²) in [7, 11) is 1.46. The number of aromatic nitrogens is 10. The molecule has 1 fully saturated rings. The quantitative estimate of drug-likeness (QED) is 0.0704. The van der Waals surface area contributed by atoms with E-state index in [-0.39, 0.29) is 60.3 Å². The van der Waals surface area contributed by atoms with Gasteiger partial charge in [0.25, 0.3) is 17.7 Å². The first-order valence-electron chi connectivity index (χ1n) is 23.6. The van der Waals surface area contributed by atoms with E-state index in [1.54, 1.807) is 49.2 Å². The van der Waals surface area contributed by atoms with E-state index >= 15 is 0 Å². The molecule has 1 saturated heterocycles. The molecule has 2 aromatic carbocycles. The van der Waals surface area contributed by atoms with Crippen LogP contribution in [0.2, 0.25) is 0 Å². The normalized spacial score (nSPS) is 12.9. The summed E-state index contributed by atoms with van der Waals surface area (Å²) >= 11 is 0. The van der Waals surface area contributed by atoms with Crippen molar-refractivity contribution in [1.29, 1.82) is 0 Å². The zero-order chi connectivity index (χ0) is 51.4. The van der Waals surface area contributed by atoms with Crippen LogP contribution in [0.1, 0.15) is 103 Å². The zero-order valence-electron chi connectivity index (χ0n) is 41.3. The number of fused-ring (bicyclic) bond motifs is 2. The van der Waals surface area contributed by atoms with Crippen molar-refractivity contribution in [1.82, 2.24) is 53.3 Å². The Morgan fingerprint density at radius 2 is 1.11 bits per heavy atom. The first-order chi connectivity index (χ1) is 34.6. The van der Waals surface area contributed by atoms with Crippen LogP contribution in [0.4, 0.5) is 11.9 Å². The number of anilines is 2. The topological polar surface area (TPSA) is 272 Å². The van der Waals surface area contributed by atoms with E-state index in [0.717, 1.165) is 5.69 Å². The van der Waals surface area contributed by atoms with Gasteiger partial charge in [0, 0.05) is 62.9 Å². The lowest BCUT2D eigenvalue weighted by molar-refractivity contribution is 0.0694. The molecule has 0 saturated carbocycles. The fraction of sp³-hybridized carbons (Fsp3) is 0.360. The number of carbonyl (C=O) groups excluding carboxylic acids is 5. The number of primary amides is 2. The molecular formula is C50H57N15O7. The minimum absolute atomic E-state index is 0.0285. The molecule has 1 aliphatic heterocycles. The average Bonchev–Trinajstić information content (AvgIpc) is 4.20. The van der Waals surface area contributed by atoms with Gasteiger partial charge in [0.2, 0.25) is 23.7 Å². The minimum Gasteiger partial charge on any atom is -0.494 e. The summed E-state index contributed by atoms with van der Waals surface area (Å²) in [6.45, 7) is 14.0. The summed E-state index contributed by atoms with van der Waals surface area (Å²) in [5.74, 6) is 4.97. The number of rotatable bonds is 17. The first kappa shape index (κ1) is 49.7. The number of imidazole rings is 2. The van der Waals surface area contributed by atoms with Crippen LogP contribution in [-0.2, 0) is 32.7 Å². The van der Waals surface area contributed by atoms with Gasteiger partial charge in [-0.05, 0) is 96.8 Å². The molecule has 6 N–H and O–H groups in total. The van der Waals surface area contributed by atoms with Crippen molar-refractivity contribution in [2.24, 2.45) is 17.4 Å². The molecule has 0 aliphatic carbocycles. The number of benzene rings is 2. The standard InChI is InChI=1S/C50H57N15O7/c1-8-63-37(22-29(4)57-63)46(68)55-49-53-35-25-33(44(51)66)27-40(71-7)42(35)61(49)17-11-12-18-62-43-36(54-50(62)56-47(69)38-23-30(5)58-64(38)9-2)26-34(45(52)67)28-41(43)72-21-13-14-32-15-19-60(20-16-32)48(70)39-24-31(6)59-65(39)10-3/h11-12,22-28,32H,8-10,15-21H2,1-7H3,(H2,51,66)(H2,52,67)(H,53,55,68)(H,54,56,69). The van der Waals surface area contributed by atoms with Gasteiger partial charge in [-0.1, -0.05) is 24.0 Å². The van der Waals surface area contributed by atoms with Crippen molar-refractivity contribution in [3.63, 3.8) is 0 Å². The van der Waals surface area contributed by atoms with Crippen LogP contribution in [-0.4, -0.2) is 110 Å². The highest BCUT2D eigenvalue weighted by atomic mass is 16.5. The summed E-state index contributed by atoms with van der Waals surface area (Å²) < 4.78 is 20.4. The first-order valence-corrected chi connectivity index (χ1v) is 23.6. The fourth-order valence-electron chi connectivity index (χ4n) is 8.83. The number of carbonyl (C=O) groups is 5. The van der Waals surface area contributed by atoms with Crippen LogP contribution in [0.15, 0.2) is 54.6 Å². The monoisotopic (exact) mass is 979 g/mol. The average molecular weight is 980 g/mol. The molecule has 0 radical (unpaired) electrons. The number of aryl methyl sites for hydroxylation is 6. The van der Waals surface area contributed by atoms with Gasteiger partial charge >= 0.3 is 0 Å². The van der Waals surface area contributed by atoms with Crippen LogP contribution in [0, 0.1) is 38.5 Å². The van der Waals surface area contributed by atoms with E-state index in [1.807, 2.05) is 50.8 Å². The number of likely N-dealkylation sites (tertiary alicyclic amines) is 1. The SMILES string of the molecule is CCn1nc(C)cc1C(=O)Nc1nc2cc(C(N)=O)cc(OC)c2n1CC=CCn1c(NC(=O)c2cc(C)nn2CC)nc2cc(C(N)=O)cc(OCC#CC3CCN(C(=O)c4cc(C)nn4CC)CC3)c21. The van der Waals surface area contributed by atoms with Crippen molar-refractivity contribution >= 4 is 63.5 Å². The Morgan fingerprint density at radius 1 is 0.667 bits per heavy atom. The number of ether oxygens (including phenoxy) is 2. The largest absolute Gasteiger partial charge is 0.494 e. The number of hydrogen-bond acceptors (Lipinski definition) is 12. The molecular weight excluding hydrogens is 923 g/mol. The number of piperidine rings is 1. The molecule has 1 aliphatic rings. The maximum Gasteiger partial charge on any atom is 0.276 e. The number of nitrogens with two attached hydrogens (primary N) is 2. The van der Waals surface area contributed by atoms with Gasteiger partial charge in [-0.25, -0.2) is 9.97 Å². The molecule has 72 heavy (non-hydrogen) atoms.